The molecule has 2 rings (SSSR count). The number of carbonyl (C=O) groups is 1. The van der Waals surface area contributed by atoms with E-state index in [-0.39, 0.29) is 23.8 Å². The molecule has 9 nitrogen and oxygen atoms in total. The Hall–Kier alpha value is -2.56. The maximum Gasteiger partial charge on any atom is 0.240 e. The lowest BCUT2D eigenvalue weighted by atomic mass is 10.3. The molecule has 1 heterocycles. The van der Waals surface area contributed by atoms with Gasteiger partial charge in [-0.1, -0.05) is 0 Å². The predicted octanol–water partition coefficient (Wildman–Crippen LogP) is 1.69. The average molecular weight is 426 g/mol. The van der Waals surface area contributed by atoms with E-state index in [2.05, 4.69) is 10.0 Å². The van der Waals surface area contributed by atoms with Gasteiger partial charge in [-0.25, -0.2) is 13.1 Å². The quantitative estimate of drug-likeness (QED) is 0.468. The molecular formula is C19H26N2O7S. The van der Waals surface area contributed by atoms with Crippen LogP contribution in [0.25, 0.3) is 0 Å². The lowest BCUT2D eigenvalue weighted by Crippen LogP contribution is -2.31. The Labute approximate surface area is 170 Å². The van der Waals surface area contributed by atoms with E-state index in [0.29, 0.717) is 37.7 Å². The number of hydrogen-bond acceptors (Lipinski definition) is 7. The molecule has 0 radical (unpaired) electrons. The summed E-state index contributed by atoms with van der Waals surface area (Å²) in [5.41, 5.74) is 0. The maximum absolute atomic E-state index is 12.3. The Morgan fingerprint density at radius 1 is 1.10 bits per heavy atom. The van der Waals surface area contributed by atoms with E-state index in [4.69, 9.17) is 18.6 Å². The molecule has 0 saturated heterocycles. The van der Waals surface area contributed by atoms with E-state index >= 15 is 0 Å². The van der Waals surface area contributed by atoms with Gasteiger partial charge in [0, 0.05) is 32.2 Å². The van der Waals surface area contributed by atoms with Crippen LogP contribution in [-0.2, 0) is 26.2 Å². The van der Waals surface area contributed by atoms with E-state index in [1.807, 2.05) is 6.07 Å². The summed E-state index contributed by atoms with van der Waals surface area (Å²) >= 11 is 0. The highest BCUT2D eigenvalue weighted by molar-refractivity contribution is 7.89. The highest BCUT2D eigenvalue weighted by Gasteiger charge is 2.17. The number of hydrogen-bond donors (Lipinski definition) is 2. The van der Waals surface area contributed by atoms with Crippen molar-refractivity contribution in [2.45, 2.75) is 24.3 Å². The van der Waals surface area contributed by atoms with Crippen LogP contribution in [0.2, 0.25) is 0 Å². The first-order chi connectivity index (χ1) is 14.0. The molecule has 2 aromatic rings. The van der Waals surface area contributed by atoms with Gasteiger partial charge in [0.1, 0.15) is 12.4 Å². The zero-order valence-corrected chi connectivity index (χ0v) is 17.3. The van der Waals surface area contributed by atoms with Crippen molar-refractivity contribution in [3.63, 3.8) is 0 Å². The monoisotopic (exact) mass is 426 g/mol. The molecule has 0 saturated carbocycles. The molecule has 29 heavy (non-hydrogen) atoms. The minimum atomic E-state index is -3.76. The minimum Gasteiger partial charge on any atom is -0.493 e. The van der Waals surface area contributed by atoms with Crippen molar-refractivity contribution in [3.8, 4) is 11.5 Å². The standard InChI is InChI=1S/C19H26N2O7S/c1-25-17-7-6-16(13-18(17)26-2)29(23,24)21-10-8-19(22)20-9-4-11-27-14-15-5-3-12-28-15/h3,5-7,12-13,21H,4,8-11,14H2,1-2H3,(H,20,22). The summed E-state index contributed by atoms with van der Waals surface area (Å²) in [5, 5.41) is 2.72. The van der Waals surface area contributed by atoms with E-state index in [0.717, 1.165) is 5.76 Å². The zero-order valence-electron chi connectivity index (χ0n) is 16.5. The summed E-state index contributed by atoms with van der Waals surface area (Å²) in [6.07, 6.45) is 2.25. The van der Waals surface area contributed by atoms with E-state index in [1.54, 1.807) is 12.3 Å². The highest BCUT2D eigenvalue weighted by Crippen LogP contribution is 2.29. The average Bonchev–Trinajstić information content (AvgIpc) is 3.23. The number of nitrogens with one attached hydrogen (secondary N) is 2. The summed E-state index contributed by atoms with van der Waals surface area (Å²) < 4.78 is 47.9. The number of benzene rings is 1. The van der Waals surface area contributed by atoms with Gasteiger partial charge in [-0.2, -0.15) is 0 Å². The summed E-state index contributed by atoms with van der Waals surface area (Å²) in [6, 6.07) is 7.90. The normalized spacial score (nSPS) is 11.2. The van der Waals surface area contributed by atoms with Gasteiger partial charge >= 0.3 is 0 Å². The van der Waals surface area contributed by atoms with E-state index in [9.17, 15) is 13.2 Å². The third kappa shape index (κ3) is 7.41. The van der Waals surface area contributed by atoms with Gasteiger partial charge in [0.2, 0.25) is 15.9 Å². The topological polar surface area (TPSA) is 116 Å². The number of carbonyl (C=O) groups excluding carboxylic acids is 1. The van der Waals surface area contributed by atoms with Gasteiger partial charge in [-0.05, 0) is 30.7 Å². The minimum absolute atomic E-state index is 0.0164. The molecule has 0 spiro atoms. The molecule has 0 aliphatic carbocycles. The van der Waals surface area contributed by atoms with Crippen LogP contribution in [0.4, 0.5) is 0 Å². The Morgan fingerprint density at radius 2 is 1.90 bits per heavy atom. The van der Waals surface area contributed by atoms with Crippen molar-refractivity contribution in [1.29, 1.82) is 0 Å². The van der Waals surface area contributed by atoms with Crippen LogP contribution in [0.3, 0.4) is 0 Å². The van der Waals surface area contributed by atoms with Crippen molar-refractivity contribution in [1.82, 2.24) is 10.0 Å². The molecule has 0 bridgehead atoms. The summed E-state index contributed by atoms with van der Waals surface area (Å²) in [6.45, 7) is 1.29. The van der Waals surface area contributed by atoms with Crippen molar-refractivity contribution < 1.29 is 31.8 Å². The first-order valence-electron chi connectivity index (χ1n) is 9.05. The van der Waals surface area contributed by atoms with Gasteiger partial charge in [0.15, 0.2) is 11.5 Å². The first kappa shape index (κ1) is 22.7. The fourth-order valence-electron chi connectivity index (χ4n) is 2.42. The molecule has 1 amide bonds. The fourth-order valence-corrected chi connectivity index (χ4v) is 3.47. The number of sulfonamides is 1. The molecule has 0 fully saturated rings. The summed E-state index contributed by atoms with van der Waals surface area (Å²) in [5.74, 6) is 1.24. The Balaban J connectivity index is 1.65. The van der Waals surface area contributed by atoms with E-state index < -0.39 is 10.0 Å². The highest BCUT2D eigenvalue weighted by atomic mass is 32.2. The largest absolute Gasteiger partial charge is 0.493 e. The SMILES string of the molecule is COc1ccc(S(=O)(=O)NCCC(=O)NCCCOCc2ccco2)cc1OC. The molecule has 1 aromatic heterocycles. The van der Waals surface area contributed by atoms with Gasteiger partial charge in [0.25, 0.3) is 0 Å². The van der Waals surface area contributed by atoms with Crippen LogP contribution in [0.15, 0.2) is 45.9 Å². The van der Waals surface area contributed by atoms with Crippen molar-refractivity contribution >= 4 is 15.9 Å². The molecule has 0 aliphatic heterocycles. The molecule has 0 atom stereocenters. The molecule has 0 unspecified atom stereocenters. The summed E-state index contributed by atoms with van der Waals surface area (Å²) in [7, 11) is -0.871. The maximum atomic E-state index is 12.3. The Morgan fingerprint density at radius 3 is 2.59 bits per heavy atom. The molecular weight excluding hydrogens is 400 g/mol. The predicted molar refractivity (Wildman–Crippen MR) is 105 cm³/mol. The van der Waals surface area contributed by atoms with E-state index in [1.165, 1.54) is 32.4 Å². The molecule has 2 N–H and O–H groups in total. The van der Waals surface area contributed by atoms with Gasteiger partial charge in [-0.3, -0.25) is 4.79 Å². The van der Waals surface area contributed by atoms with Crippen LogP contribution >= 0.6 is 0 Å². The van der Waals surface area contributed by atoms with Crippen molar-refractivity contribution in [2.75, 3.05) is 33.9 Å². The zero-order chi connectivity index (χ0) is 21.1. The van der Waals surface area contributed by atoms with Crippen LogP contribution in [0.5, 0.6) is 11.5 Å². The molecule has 1 aromatic carbocycles. The van der Waals surface area contributed by atoms with Gasteiger partial charge < -0.3 is 23.9 Å². The number of methoxy groups -OCH3 is 2. The summed E-state index contributed by atoms with van der Waals surface area (Å²) in [4.78, 5) is 11.9. The molecule has 10 heteroatoms. The number of amides is 1. The number of rotatable bonds is 13. The Kier molecular flexibility index (Phi) is 8.97. The lowest BCUT2D eigenvalue weighted by molar-refractivity contribution is -0.120. The van der Waals surface area contributed by atoms with Crippen LogP contribution < -0.4 is 19.5 Å². The second-order valence-electron chi connectivity index (χ2n) is 6.00. The third-order valence-corrected chi connectivity index (χ3v) is 5.38. The molecule has 160 valence electrons. The van der Waals surface area contributed by atoms with Crippen LogP contribution in [0.1, 0.15) is 18.6 Å². The molecule has 0 aliphatic rings. The first-order valence-corrected chi connectivity index (χ1v) is 10.5. The second kappa shape index (κ2) is 11.4. The van der Waals surface area contributed by atoms with Crippen molar-refractivity contribution in [2.24, 2.45) is 0 Å². The van der Waals surface area contributed by atoms with Crippen molar-refractivity contribution in [3.05, 3.63) is 42.4 Å². The van der Waals surface area contributed by atoms with Crippen LogP contribution in [0, 0.1) is 0 Å². The van der Waals surface area contributed by atoms with Gasteiger partial charge in [-0.15, -0.1) is 0 Å². The number of ether oxygens (including phenoxy) is 3. The number of furan rings is 1. The Bertz CT molecular complexity index is 867. The second-order valence-corrected chi connectivity index (χ2v) is 7.77. The third-order valence-electron chi connectivity index (χ3n) is 3.92. The van der Waals surface area contributed by atoms with Crippen LogP contribution in [-0.4, -0.2) is 48.2 Å². The fraction of sp³-hybridized carbons (Fsp3) is 0.421. The lowest BCUT2D eigenvalue weighted by Gasteiger charge is -2.11. The smallest absolute Gasteiger partial charge is 0.240 e. The van der Waals surface area contributed by atoms with Gasteiger partial charge in [0.05, 0.1) is 25.4 Å².